The fourth-order valence-corrected chi connectivity index (χ4v) is 14.6. The van der Waals surface area contributed by atoms with Gasteiger partial charge in [-0.25, -0.2) is 41.2 Å². The Kier molecular flexibility index (Phi) is 21.1. The molecule has 106 heavy (non-hydrogen) atoms. The second kappa shape index (κ2) is 31.0. The van der Waals surface area contributed by atoms with Crippen LogP contribution in [0.4, 0.5) is 17.5 Å². The SMILES string of the molecule is CC(C)Oc1ccc2c(c1)C(c1ccnc(NS(C)(=O)=O)c1)=NC2.CC(C)Oc1ccc2c(c1)c(-c1ccnc(N)c1)nn2C(c1ccccc1)(c1ccccc1)c1ccccc1.CC(C)Oc1ccc2c(c1)c(-c1ccnc(NS(C)(=O)=O)c1)nn2C(c1ccccc1)(c1ccccc1)c1ccccc1. The molecular weight excluding hydrogens is 1360 g/mol. The Morgan fingerprint density at radius 1 is 0.396 bits per heavy atom. The lowest BCUT2D eigenvalue weighted by Crippen LogP contribution is -2.38. The highest BCUT2D eigenvalue weighted by Crippen LogP contribution is 2.47. The van der Waals surface area contributed by atoms with E-state index in [2.05, 4.69) is 160 Å². The predicted octanol–water partition coefficient (Wildman–Crippen LogP) is 17.0. The van der Waals surface area contributed by atoms with Gasteiger partial charge in [0.05, 0.1) is 54.1 Å². The Hall–Kier alpha value is -12.3. The molecule has 18 nitrogen and oxygen atoms in total. The van der Waals surface area contributed by atoms with E-state index in [4.69, 9.17) is 30.1 Å². The van der Waals surface area contributed by atoms with Crippen molar-refractivity contribution in [3.05, 3.63) is 342 Å². The van der Waals surface area contributed by atoms with Gasteiger partial charge in [-0.15, -0.1) is 0 Å². The third kappa shape index (κ3) is 15.6. The first-order valence-corrected chi connectivity index (χ1v) is 38.6. The number of sulfonamides is 2. The van der Waals surface area contributed by atoms with E-state index in [1.165, 1.54) is 0 Å². The number of pyridine rings is 3. The Bertz CT molecular complexity index is 5480. The molecule has 0 radical (unpaired) electrons. The van der Waals surface area contributed by atoms with E-state index in [1.807, 2.05) is 181 Å². The van der Waals surface area contributed by atoms with E-state index in [-0.39, 0.29) is 29.9 Å². The Labute approximate surface area is 618 Å². The van der Waals surface area contributed by atoms with Crippen LogP contribution >= 0.6 is 0 Å². The first-order chi connectivity index (χ1) is 51.1. The minimum atomic E-state index is -3.52. The van der Waals surface area contributed by atoms with Gasteiger partial charge in [-0.3, -0.25) is 14.4 Å². The van der Waals surface area contributed by atoms with Gasteiger partial charge in [-0.1, -0.05) is 188 Å². The topological polar surface area (TPSA) is 233 Å². The van der Waals surface area contributed by atoms with E-state index in [0.717, 1.165) is 124 Å². The number of benzene rings is 9. The number of fused-ring (bicyclic) bond motifs is 3. The molecule has 0 bridgehead atoms. The quantitative estimate of drug-likeness (QED) is 0.0569. The molecule has 0 atom stereocenters. The molecule has 0 amide bonds. The molecule has 0 saturated carbocycles. The Morgan fingerprint density at radius 3 is 1.08 bits per heavy atom. The number of rotatable bonds is 21. The van der Waals surface area contributed by atoms with Crippen LogP contribution in [0, 0.1) is 0 Å². The van der Waals surface area contributed by atoms with Crippen LogP contribution in [0.3, 0.4) is 0 Å². The molecule has 0 saturated heterocycles. The summed E-state index contributed by atoms with van der Waals surface area (Å²) in [5.74, 6) is 3.26. The van der Waals surface area contributed by atoms with Gasteiger partial charge in [0.25, 0.3) is 0 Å². The van der Waals surface area contributed by atoms with Crippen LogP contribution < -0.4 is 29.4 Å². The smallest absolute Gasteiger partial charge is 0.230 e. The molecule has 0 aliphatic carbocycles. The first kappa shape index (κ1) is 72.1. The molecule has 1 aliphatic rings. The molecule has 0 unspecified atom stereocenters. The average molecular weight is 1440 g/mol. The summed E-state index contributed by atoms with van der Waals surface area (Å²) in [5, 5.41) is 12.6. The van der Waals surface area contributed by atoms with Gasteiger partial charge in [-0.05, 0) is 165 Å². The molecule has 14 aromatic rings. The zero-order valence-electron chi connectivity index (χ0n) is 60.0. The fourth-order valence-electron chi connectivity index (χ4n) is 13.6. The zero-order chi connectivity index (χ0) is 74.2. The molecule has 6 heterocycles. The maximum absolute atomic E-state index is 12.0. The number of nitrogen functional groups attached to an aromatic ring is 1. The number of ether oxygens (including phenoxy) is 3. The molecular formula is C86H81N11O7S2. The standard InChI is InChI=1S/C35H32N4O3S.C34H30N4O.C17H19N3O3S/c1-25(2)42-30-19-20-32-31(24-30)34(26-21-22-36-33(23-26)38-43(3,40)41)37-39(32)35(27-13-7-4-8-14-27,28-15-9-5-10-16-28)29-17-11-6-12-18-29;1-24(2)39-29-18-19-31-30(23-29)33(25-20-21-36-32(35)22-25)37-38(31)34(26-12-6-3-7-13-26,27-14-8-4-9-15-27)28-16-10-5-11-17-28;1-11(2)23-14-5-4-13-10-19-17(15(13)9-14)12-6-7-18-16(8-12)20-24(3,21)22/h4-25H,1-3H3,(H,36,38);3-24H,1-2H3,(H2,35,36);4-9,11H,10H2,1-3H3,(H,18,20). The molecule has 9 aromatic carbocycles. The van der Waals surface area contributed by atoms with Gasteiger partial charge in [0.15, 0.2) is 0 Å². The minimum Gasteiger partial charge on any atom is -0.491 e. The number of aliphatic imine (C=N–C) groups is 1. The number of aromatic nitrogens is 7. The van der Waals surface area contributed by atoms with Gasteiger partial charge >= 0.3 is 0 Å². The van der Waals surface area contributed by atoms with Crippen molar-refractivity contribution in [3.63, 3.8) is 0 Å². The summed E-state index contributed by atoms with van der Waals surface area (Å²) < 4.78 is 73.9. The third-order valence-electron chi connectivity index (χ3n) is 17.6. The van der Waals surface area contributed by atoms with Gasteiger partial charge in [-0.2, -0.15) is 10.2 Å². The molecule has 4 N–H and O–H groups in total. The van der Waals surface area contributed by atoms with Gasteiger partial charge in [0.1, 0.15) is 57.2 Å². The number of hydrogen-bond donors (Lipinski definition) is 3. The predicted molar refractivity (Wildman–Crippen MR) is 424 cm³/mol. The number of nitrogens with zero attached hydrogens (tertiary/aromatic N) is 8. The van der Waals surface area contributed by atoms with Crippen molar-refractivity contribution in [2.75, 3.05) is 27.7 Å². The summed E-state index contributed by atoms with van der Waals surface area (Å²) in [6, 6.07) is 91.8. The highest BCUT2D eigenvalue weighted by molar-refractivity contribution is 7.92. The number of nitrogens with one attached hydrogen (secondary N) is 2. The first-order valence-electron chi connectivity index (χ1n) is 34.8. The maximum atomic E-state index is 12.0. The van der Waals surface area contributed by atoms with Gasteiger partial charge in [0.2, 0.25) is 20.0 Å². The van der Waals surface area contributed by atoms with Crippen molar-refractivity contribution in [3.8, 4) is 39.8 Å². The summed E-state index contributed by atoms with van der Waals surface area (Å²) in [4.78, 5) is 17.1. The summed E-state index contributed by atoms with van der Waals surface area (Å²) in [5.41, 5.74) is 19.7. The zero-order valence-corrected chi connectivity index (χ0v) is 61.6. The molecule has 0 fully saturated rings. The van der Waals surface area contributed by atoms with E-state index in [0.29, 0.717) is 18.1 Å². The number of hydrogen-bond acceptors (Lipinski definition) is 14. The van der Waals surface area contributed by atoms with Gasteiger partial charge < -0.3 is 19.9 Å². The van der Waals surface area contributed by atoms with Crippen molar-refractivity contribution in [2.45, 2.75) is 77.5 Å². The van der Waals surface area contributed by atoms with Gasteiger partial charge in [0, 0.05) is 51.6 Å². The molecule has 1 aliphatic heterocycles. The summed E-state index contributed by atoms with van der Waals surface area (Å²) in [6.07, 6.45) is 7.21. The Morgan fingerprint density at radius 2 is 0.726 bits per heavy atom. The lowest BCUT2D eigenvalue weighted by molar-refractivity contribution is 0.242. The van der Waals surface area contributed by atoms with Crippen molar-refractivity contribution in [1.82, 2.24) is 34.5 Å². The van der Waals surface area contributed by atoms with Crippen molar-refractivity contribution in [2.24, 2.45) is 4.99 Å². The largest absolute Gasteiger partial charge is 0.491 e. The van der Waals surface area contributed by atoms with Crippen LogP contribution in [-0.2, 0) is 37.7 Å². The van der Waals surface area contributed by atoms with Crippen LogP contribution in [0.15, 0.2) is 297 Å². The summed E-state index contributed by atoms with van der Waals surface area (Å²) >= 11 is 0. The second-order valence-corrected chi connectivity index (χ2v) is 30.1. The van der Waals surface area contributed by atoms with Crippen molar-refractivity contribution >= 4 is 65.0 Å². The van der Waals surface area contributed by atoms with E-state index < -0.39 is 31.1 Å². The molecule has 15 rings (SSSR count). The molecule has 5 aromatic heterocycles. The van der Waals surface area contributed by atoms with Crippen LogP contribution in [-0.4, -0.2) is 87.9 Å². The lowest BCUT2D eigenvalue weighted by atomic mass is 9.77. The fraction of sp³-hybridized carbons (Fsp3) is 0.163. The summed E-state index contributed by atoms with van der Waals surface area (Å²) in [7, 11) is -6.89. The highest BCUT2D eigenvalue weighted by atomic mass is 32.2. The highest BCUT2D eigenvalue weighted by Gasteiger charge is 2.43. The van der Waals surface area contributed by atoms with Crippen LogP contribution in [0.5, 0.6) is 17.2 Å². The maximum Gasteiger partial charge on any atom is 0.230 e. The summed E-state index contributed by atoms with van der Waals surface area (Å²) in [6.45, 7) is 12.6. The van der Waals surface area contributed by atoms with Crippen molar-refractivity contribution < 1.29 is 31.0 Å². The normalized spacial score (nSPS) is 12.2. The molecule has 0 spiro atoms. The van der Waals surface area contributed by atoms with Crippen LogP contribution in [0.25, 0.3) is 44.3 Å². The minimum absolute atomic E-state index is 0.0144. The number of anilines is 3. The Balaban J connectivity index is 0.000000146. The third-order valence-corrected chi connectivity index (χ3v) is 18.8. The molecule has 20 heteroatoms. The average Bonchev–Trinajstić information content (AvgIpc) is 1.53. The van der Waals surface area contributed by atoms with Crippen LogP contribution in [0.2, 0.25) is 0 Å². The molecule has 534 valence electrons. The van der Waals surface area contributed by atoms with E-state index in [9.17, 15) is 16.8 Å². The van der Waals surface area contributed by atoms with E-state index >= 15 is 0 Å². The number of nitrogens with two attached hydrogens (primary N) is 1. The monoisotopic (exact) mass is 1440 g/mol. The second-order valence-electron chi connectivity index (χ2n) is 26.6. The van der Waals surface area contributed by atoms with E-state index in [1.54, 1.807) is 30.7 Å². The van der Waals surface area contributed by atoms with Crippen molar-refractivity contribution in [1.29, 1.82) is 0 Å². The van der Waals surface area contributed by atoms with Crippen LogP contribution in [0.1, 0.15) is 91.6 Å². The lowest BCUT2D eigenvalue weighted by Gasteiger charge is -2.37.